The number of rotatable bonds is 5. The Balaban J connectivity index is 2.32. The maximum absolute atomic E-state index is 5.92. The van der Waals surface area contributed by atoms with Crippen LogP contribution in [0, 0.1) is 5.92 Å². The third kappa shape index (κ3) is 3.94. The van der Waals surface area contributed by atoms with Crippen LogP contribution in [0.5, 0.6) is 0 Å². The van der Waals surface area contributed by atoms with Gasteiger partial charge in [-0.3, -0.25) is 0 Å². The highest BCUT2D eigenvalue weighted by atomic mass is 35.5. The summed E-state index contributed by atoms with van der Waals surface area (Å²) in [6, 6.07) is 9.63. The fourth-order valence-electron chi connectivity index (χ4n) is 1.81. The second kappa shape index (κ2) is 6.71. The van der Waals surface area contributed by atoms with Gasteiger partial charge in [-0.05, 0) is 36.6 Å². The summed E-state index contributed by atoms with van der Waals surface area (Å²) in [5.74, 6) is 2.21. The summed E-state index contributed by atoms with van der Waals surface area (Å²) in [7, 11) is 0. The van der Waals surface area contributed by atoms with Crippen LogP contribution in [0.15, 0.2) is 30.3 Å². The Morgan fingerprint density at radius 2 is 1.85 bits per heavy atom. The van der Waals surface area contributed by atoms with Crippen LogP contribution in [0.3, 0.4) is 0 Å². The van der Waals surface area contributed by atoms with Crippen molar-refractivity contribution in [3.05, 3.63) is 41.0 Å². The van der Waals surface area contributed by atoms with Crippen molar-refractivity contribution in [3.8, 4) is 11.4 Å². The average Bonchev–Trinajstić information content (AvgIpc) is 2.45. The highest BCUT2D eigenvalue weighted by Crippen LogP contribution is 2.20. The van der Waals surface area contributed by atoms with Crippen LogP contribution in [0.4, 0.5) is 5.82 Å². The molecular formula is C16H20ClN3. The Bertz CT molecular complexity index is 564. The lowest BCUT2D eigenvalue weighted by Gasteiger charge is -2.11. The lowest BCUT2D eigenvalue weighted by atomic mass is 10.2. The fraction of sp³-hybridized carbons (Fsp3) is 0.375. The van der Waals surface area contributed by atoms with E-state index < -0.39 is 0 Å². The van der Waals surface area contributed by atoms with Crippen LogP contribution in [-0.2, 0) is 6.42 Å². The number of hydrogen-bond acceptors (Lipinski definition) is 3. The highest BCUT2D eigenvalue weighted by Gasteiger charge is 2.06. The predicted molar refractivity (Wildman–Crippen MR) is 85.2 cm³/mol. The van der Waals surface area contributed by atoms with Gasteiger partial charge in [0.15, 0.2) is 5.82 Å². The zero-order valence-corrected chi connectivity index (χ0v) is 12.9. The number of nitrogens with zero attached hydrogens (tertiary/aromatic N) is 2. The van der Waals surface area contributed by atoms with Crippen LogP contribution in [-0.4, -0.2) is 16.5 Å². The number of anilines is 1. The Hall–Kier alpha value is -1.61. The Kier molecular flexibility index (Phi) is 4.96. The monoisotopic (exact) mass is 289 g/mol. The van der Waals surface area contributed by atoms with Crippen molar-refractivity contribution in [2.24, 2.45) is 5.92 Å². The third-order valence-electron chi connectivity index (χ3n) is 2.94. The molecule has 0 unspecified atom stereocenters. The van der Waals surface area contributed by atoms with Crippen molar-refractivity contribution in [1.82, 2.24) is 9.97 Å². The maximum atomic E-state index is 5.92. The number of benzene rings is 1. The van der Waals surface area contributed by atoms with E-state index in [9.17, 15) is 0 Å². The molecule has 0 aliphatic carbocycles. The first kappa shape index (κ1) is 14.8. The molecule has 0 aliphatic rings. The molecule has 1 aromatic carbocycles. The first-order valence-corrected chi connectivity index (χ1v) is 7.34. The molecule has 0 radical (unpaired) electrons. The van der Waals surface area contributed by atoms with Gasteiger partial charge in [-0.1, -0.05) is 32.4 Å². The molecule has 1 aromatic heterocycles. The molecule has 106 valence electrons. The molecule has 2 rings (SSSR count). The Morgan fingerprint density at radius 1 is 1.15 bits per heavy atom. The van der Waals surface area contributed by atoms with E-state index in [0.29, 0.717) is 5.92 Å². The number of aryl methyl sites for hydroxylation is 1. The van der Waals surface area contributed by atoms with Crippen molar-refractivity contribution in [2.45, 2.75) is 27.2 Å². The van der Waals surface area contributed by atoms with Gasteiger partial charge in [-0.25, -0.2) is 9.97 Å². The molecule has 0 fully saturated rings. The van der Waals surface area contributed by atoms with E-state index in [-0.39, 0.29) is 0 Å². The summed E-state index contributed by atoms with van der Waals surface area (Å²) in [5, 5.41) is 4.08. The minimum atomic E-state index is 0.578. The molecule has 1 N–H and O–H groups in total. The molecule has 0 spiro atoms. The fourth-order valence-corrected chi connectivity index (χ4v) is 1.93. The van der Waals surface area contributed by atoms with Crippen LogP contribution in [0.2, 0.25) is 5.02 Å². The van der Waals surface area contributed by atoms with E-state index in [2.05, 4.69) is 36.1 Å². The number of nitrogens with one attached hydrogen (secondary N) is 1. The summed E-state index contributed by atoms with van der Waals surface area (Å²) in [6.07, 6.45) is 0.888. The van der Waals surface area contributed by atoms with E-state index in [4.69, 9.17) is 11.6 Å². The summed E-state index contributed by atoms with van der Waals surface area (Å²) in [5.41, 5.74) is 2.02. The van der Waals surface area contributed by atoms with E-state index >= 15 is 0 Å². The van der Waals surface area contributed by atoms with E-state index in [1.807, 2.05) is 30.3 Å². The lowest BCUT2D eigenvalue weighted by molar-refractivity contribution is 0.686. The minimum Gasteiger partial charge on any atom is -0.370 e. The van der Waals surface area contributed by atoms with Gasteiger partial charge in [0, 0.05) is 28.9 Å². The minimum absolute atomic E-state index is 0.578. The first-order valence-electron chi connectivity index (χ1n) is 6.96. The molecule has 0 amide bonds. The number of hydrogen-bond donors (Lipinski definition) is 1. The molecule has 1 heterocycles. The zero-order valence-electron chi connectivity index (χ0n) is 12.2. The first-order chi connectivity index (χ1) is 9.58. The SMILES string of the molecule is CCc1cc(NCC(C)C)nc(-c2ccc(Cl)cc2)n1. The van der Waals surface area contributed by atoms with E-state index in [1.54, 1.807) is 0 Å². The second-order valence-corrected chi connectivity index (χ2v) is 5.64. The van der Waals surface area contributed by atoms with Gasteiger partial charge in [0.05, 0.1) is 0 Å². The number of aromatic nitrogens is 2. The summed E-state index contributed by atoms with van der Waals surface area (Å²) in [4.78, 5) is 9.17. The largest absolute Gasteiger partial charge is 0.370 e. The molecule has 0 saturated carbocycles. The molecule has 2 aromatic rings. The molecule has 0 aliphatic heterocycles. The third-order valence-corrected chi connectivity index (χ3v) is 3.19. The molecule has 20 heavy (non-hydrogen) atoms. The maximum Gasteiger partial charge on any atom is 0.161 e. The van der Waals surface area contributed by atoms with E-state index in [1.165, 1.54) is 0 Å². The number of halogens is 1. The van der Waals surface area contributed by atoms with Gasteiger partial charge in [0.2, 0.25) is 0 Å². The predicted octanol–water partition coefficient (Wildman–Crippen LogP) is 4.43. The molecular weight excluding hydrogens is 270 g/mol. The quantitative estimate of drug-likeness (QED) is 0.885. The van der Waals surface area contributed by atoms with Gasteiger partial charge < -0.3 is 5.32 Å². The Labute approximate surface area is 125 Å². The van der Waals surface area contributed by atoms with Gasteiger partial charge in [0.1, 0.15) is 5.82 Å². The summed E-state index contributed by atoms with van der Waals surface area (Å²) < 4.78 is 0. The molecule has 0 atom stereocenters. The van der Waals surface area contributed by atoms with Crippen molar-refractivity contribution in [1.29, 1.82) is 0 Å². The standard InChI is InChI=1S/C16H20ClN3/c1-4-14-9-15(18-10-11(2)3)20-16(19-14)12-5-7-13(17)8-6-12/h5-9,11H,4,10H2,1-3H3,(H,18,19,20). The second-order valence-electron chi connectivity index (χ2n) is 5.20. The van der Waals surface area contributed by atoms with Crippen molar-refractivity contribution < 1.29 is 0 Å². The summed E-state index contributed by atoms with van der Waals surface area (Å²) >= 11 is 5.92. The lowest BCUT2D eigenvalue weighted by Crippen LogP contribution is -2.10. The van der Waals surface area contributed by atoms with Crippen molar-refractivity contribution in [3.63, 3.8) is 0 Å². The van der Waals surface area contributed by atoms with Crippen molar-refractivity contribution in [2.75, 3.05) is 11.9 Å². The highest BCUT2D eigenvalue weighted by molar-refractivity contribution is 6.30. The van der Waals surface area contributed by atoms with Gasteiger partial charge in [-0.2, -0.15) is 0 Å². The molecule has 0 bridgehead atoms. The Morgan fingerprint density at radius 3 is 2.45 bits per heavy atom. The average molecular weight is 290 g/mol. The normalized spacial score (nSPS) is 10.8. The van der Waals surface area contributed by atoms with E-state index in [0.717, 1.165) is 40.9 Å². The zero-order chi connectivity index (χ0) is 14.5. The van der Waals surface area contributed by atoms with Crippen LogP contribution in [0.1, 0.15) is 26.5 Å². The smallest absolute Gasteiger partial charge is 0.161 e. The molecule has 0 saturated heterocycles. The molecule has 4 heteroatoms. The van der Waals surface area contributed by atoms with Gasteiger partial charge >= 0.3 is 0 Å². The van der Waals surface area contributed by atoms with Crippen molar-refractivity contribution >= 4 is 17.4 Å². The van der Waals surface area contributed by atoms with Crippen LogP contribution < -0.4 is 5.32 Å². The van der Waals surface area contributed by atoms with Gasteiger partial charge in [-0.15, -0.1) is 0 Å². The van der Waals surface area contributed by atoms with Crippen LogP contribution in [0.25, 0.3) is 11.4 Å². The summed E-state index contributed by atoms with van der Waals surface area (Å²) in [6.45, 7) is 7.35. The molecule has 3 nitrogen and oxygen atoms in total. The van der Waals surface area contributed by atoms with Gasteiger partial charge in [0.25, 0.3) is 0 Å². The topological polar surface area (TPSA) is 37.8 Å². The van der Waals surface area contributed by atoms with Crippen LogP contribution >= 0.6 is 11.6 Å².